The van der Waals surface area contributed by atoms with Crippen LogP contribution in [0.2, 0.25) is 0 Å². The Kier molecular flexibility index (Phi) is 3.42. The highest BCUT2D eigenvalue weighted by molar-refractivity contribution is 5.96. The molecule has 1 N–H and O–H groups in total. The Balaban J connectivity index is 1.91. The number of nitrogens with one attached hydrogen (secondary N) is 1. The van der Waals surface area contributed by atoms with Gasteiger partial charge < -0.3 is 10.1 Å². The first-order valence-corrected chi connectivity index (χ1v) is 5.12. The molecule has 2 rings (SSSR count). The van der Waals surface area contributed by atoms with Gasteiger partial charge in [-0.1, -0.05) is 0 Å². The zero-order chi connectivity index (χ0) is 10.5. The number of morpholine rings is 1. The van der Waals surface area contributed by atoms with Gasteiger partial charge in [-0.15, -0.1) is 0 Å². The Morgan fingerprint density at radius 3 is 3.27 bits per heavy atom. The summed E-state index contributed by atoms with van der Waals surface area (Å²) in [4.78, 5) is 15.7. The van der Waals surface area contributed by atoms with Gasteiger partial charge in [-0.05, 0) is 12.1 Å². The van der Waals surface area contributed by atoms with E-state index in [0.717, 1.165) is 13.1 Å². The average Bonchev–Trinajstić information content (AvgIpc) is 2.31. The van der Waals surface area contributed by atoms with E-state index in [4.69, 9.17) is 4.74 Å². The normalized spacial score (nSPS) is 21.2. The molecule has 1 unspecified atom stereocenters. The summed E-state index contributed by atoms with van der Waals surface area (Å²) in [6.07, 6.45) is 3.69. The topological polar surface area (TPSA) is 51.2 Å². The van der Waals surface area contributed by atoms with Crippen LogP contribution in [0.25, 0.3) is 0 Å². The number of nitrogens with zero attached hydrogens (tertiary/aromatic N) is 1. The van der Waals surface area contributed by atoms with Crippen LogP contribution >= 0.6 is 0 Å². The Morgan fingerprint density at radius 2 is 2.60 bits per heavy atom. The molecule has 1 aliphatic heterocycles. The number of ketones is 1. The van der Waals surface area contributed by atoms with Crippen molar-refractivity contribution in [3.63, 3.8) is 0 Å². The van der Waals surface area contributed by atoms with E-state index in [9.17, 15) is 4.79 Å². The van der Waals surface area contributed by atoms with Crippen LogP contribution in [-0.2, 0) is 4.74 Å². The van der Waals surface area contributed by atoms with Gasteiger partial charge in [0, 0.05) is 37.5 Å². The zero-order valence-electron chi connectivity index (χ0n) is 8.48. The molecule has 15 heavy (non-hydrogen) atoms. The molecular formula is C11H14N2O2. The maximum absolute atomic E-state index is 11.8. The first-order chi connectivity index (χ1) is 7.36. The van der Waals surface area contributed by atoms with Gasteiger partial charge in [0.05, 0.1) is 12.7 Å². The second-order valence-corrected chi connectivity index (χ2v) is 3.57. The molecule has 0 aromatic carbocycles. The molecule has 80 valence electrons. The molecule has 0 saturated carbocycles. The maximum atomic E-state index is 11.8. The first kappa shape index (κ1) is 10.3. The van der Waals surface area contributed by atoms with Crippen molar-refractivity contribution in [1.29, 1.82) is 0 Å². The number of hydrogen-bond donors (Lipinski definition) is 1. The molecule has 1 atom stereocenters. The number of carbonyl (C=O) groups excluding carboxylic acids is 1. The van der Waals surface area contributed by atoms with Crippen molar-refractivity contribution in [2.45, 2.75) is 12.5 Å². The summed E-state index contributed by atoms with van der Waals surface area (Å²) in [6.45, 7) is 2.31. The van der Waals surface area contributed by atoms with Crippen molar-refractivity contribution in [3.8, 4) is 0 Å². The van der Waals surface area contributed by atoms with Crippen molar-refractivity contribution >= 4 is 5.78 Å². The van der Waals surface area contributed by atoms with Gasteiger partial charge in [0.2, 0.25) is 0 Å². The molecule has 2 heterocycles. The zero-order valence-corrected chi connectivity index (χ0v) is 8.48. The molecule has 1 saturated heterocycles. The van der Waals surface area contributed by atoms with Gasteiger partial charge in [-0.3, -0.25) is 9.78 Å². The predicted molar refractivity (Wildman–Crippen MR) is 55.8 cm³/mol. The fourth-order valence-electron chi connectivity index (χ4n) is 1.60. The van der Waals surface area contributed by atoms with Crippen molar-refractivity contribution in [2.24, 2.45) is 0 Å². The van der Waals surface area contributed by atoms with Crippen LogP contribution in [0.4, 0.5) is 0 Å². The molecule has 4 heteroatoms. The molecule has 0 aliphatic carbocycles. The quantitative estimate of drug-likeness (QED) is 0.737. The van der Waals surface area contributed by atoms with E-state index >= 15 is 0 Å². The van der Waals surface area contributed by atoms with Crippen LogP contribution in [0, 0.1) is 0 Å². The minimum Gasteiger partial charge on any atom is -0.375 e. The molecule has 0 amide bonds. The second kappa shape index (κ2) is 5.00. The van der Waals surface area contributed by atoms with Crippen LogP contribution in [0.1, 0.15) is 16.8 Å². The minimum absolute atomic E-state index is 0.00598. The Hall–Kier alpha value is -1.26. The van der Waals surface area contributed by atoms with Gasteiger partial charge in [-0.2, -0.15) is 0 Å². The molecule has 0 spiro atoms. The lowest BCUT2D eigenvalue weighted by molar-refractivity contribution is 0.0240. The van der Waals surface area contributed by atoms with Gasteiger partial charge in [-0.25, -0.2) is 0 Å². The van der Waals surface area contributed by atoms with Crippen molar-refractivity contribution in [2.75, 3.05) is 19.7 Å². The maximum Gasteiger partial charge on any atom is 0.167 e. The summed E-state index contributed by atoms with van der Waals surface area (Å²) in [5, 5.41) is 3.20. The highest BCUT2D eigenvalue weighted by Gasteiger charge is 2.18. The second-order valence-electron chi connectivity index (χ2n) is 3.57. The standard InChI is InChI=1S/C11H14N2O2/c14-11(9-2-1-3-12-7-9)6-10-8-13-4-5-15-10/h1-3,7,10,13H,4-6,8H2. The fourth-order valence-corrected chi connectivity index (χ4v) is 1.60. The van der Waals surface area contributed by atoms with Crippen LogP contribution in [0.5, 0.6) is 0 Å². The van der Waals surface area contributed by atoms with Gasteiger partial charge in [0.15, 0.2) is 5.78 Å². The Labute approximate surface area is 88.7 Å². The summed E-state index contributed by atoms with van der Waals surface area (Å²) in [5.41, 5.74) is 0.659. The lowest BCUT2D eigenvalue weighted by Crippen LogP contribution is -2.39. The van der Waals surface area contributed by atoms with E-state index < -0.39 is 0 Å². The Morgan fingerprint density at radius 1 is 1.67 bits per heavy atom. The van der Waals surface area contributed by atoms with Crippen molar-refractivity contribution in [1.82, 2.24) is 10.3 Å². The average molecular weight is 206 g/mol. The van der Waals surface area contributed by atoms with E-state index in [0.29, 0.717) is 18.6 Å². The first-order valence-electron chi connectivity index (χ1n) is 5.12. The van der Waals surface area contributed by atoms with Crippen LogP contribution < -0.4 is 5.32 Å². The number of rotatable bonds is 3. The van der Waals surface area contributed by atoms with Gasteiger partial charge >= 0.3 is 0 Å². The largest absolute Gasteiger partial charge is 0.375 e. The van der Waals surface area contributed by atoms with Crippen LogP contribution in [0.3, 0.4) is 0 Å². The van der Waals surface area contributed by atoms with E-state index in [1.165, 1.54) is 0 Å². The smallest absolute Gasteiger partial charge is 0.167 e. The highest BCUT2D eigenvalue weighted by Crippen LogP contribution is 2.07. The summed E-state index contributed by atoms with van der Waals surface area (Å²) in [5.74, 6) is 0.0943. The Bertz CT molecular complexity index is 321. The third-order valence-electron chi connectivity index (χ3n) is 2.40. The summed E-state index contributed by atoms with van der Waals surface area (Å²) in [6, 6.07) is 3.55. The predicted octanol–water partition coefficient (Wildman–Crippen LogP) is 0.643. The summed E-state index contributed by atoms with van der Waals surface area (Å²) >= 11 is 0. The van der Waals surface area contributed by atoms with Gasteiger partial charge in [0.25, 0.3) is 0 Å². The molecule has 0 bridgehead atoms. The van der Waals surface area contributed by atoms with E-state index in [2.05, 4.69) is 10.3 Å². The minimum atomic E-state index is 0.00598. The highest BCUT2D eigenvalue weighted by atomic mass is 16.5. The number of carbonyl (C=O) groups is 1. The van der Waals surface area contributed by atoms with E-state index in [1.807, 2.05) is 0 Å². The number of pyridine rings is 1. The molecule has 4 nitrogen and oxygen atoms in total. The molecule has 0 radical (unpaired) electrons. The molecular weight excluding hydrogens is 192 g/mol. The molecule has 1 aliphatic rings. The summed E-state index contributed by atoms with van der Waals surface area (Å²) in [7, 11) is 0. The lowest BCUT2D eigenvalue weighted by atomic mass is 10.1. The van der Waals surface area contributed by atoms with Crippen LogP contribution in [0.15, 0.2) is 24.5 Å². The lowest BCUT2D eigenvalue weighted by Gasteiger charge is -2.22. The number of aromatic nitrogens is 1. The number of ether oxygens (including phenoxy) is 1. The molecule has 1 aromatic heterocycles. The number of hydrogen-bond acceptors (Lipinski definition) is 4. The van der Waals surface area contributed by atoms with E-state index in [-0.39, 0.29) is 11.9 Å². The molecule has 1 fully saturated rings. The fraction of sp³-hybridized carbons (Fsp3) is 0.455. The van der Waals surface area contributed by atoms with Crippen LogP contribution in [-0.4, -0.2) is 36.6 Å². The monoisotopic (exact) mass is 206 g/mol. The van der Waals surface area contributed by atoms with Crippen molar-refractivity contribution in [3.05, 3.63) is 30.1 Å². The number of Topliss-reactive ketones (excluding diaryl/α,β-unsaturated/α-hetero) is 1. The SMILES string of the molecule is O=C(CC1CNCCO1)c1cccnc1. The third-order valence-corrected chi connectivity index (χ3v) is 2.40. The third kappa shape index (κ3) is 2.84. The van der Waals surface area contributed by atoms with Crippen molar-refractivity contribution < 1.29 is 9.53 Å². The van der Waals surface area contributed by atoms with Gasteiger partial charge in [0.1, 0.15) is 0 Å². The molecule has 1 aromatic rings. The summed E-state index contributed by atoms with van der Waals surface area (Å²) < 4.78 is 5.47. The van der Waals surface area contributed by atoms with E-state index in [1.54, 1.807) is 24.5 Å².